The van der Waals surface area contributed by atoms with Gasteiger partial charge in [-0.3, -0.25) is 9.59 Å². The Bertz CT molecular complexity index is 1050. The first-order valence-electron chi connectivity index (χ1n) is 10.2. The van der Waals surface area contributed by atoms with Crippen molar-refractivity contribution in [3.8, 4) is 0 Å². The van der Waals surface area contributed by atoms with E-state index in [4.69, 9.17) is 0 Å². The van der Waals surface area contributed by atoms with E-state index in [1.165, 1.54) is 17.3 Å². The van der Waals surface area contributed by atoms with Crippen molar-refractivity contribution in [2.24, 2.45) is 0 Å². The van der Waals surface area contributed by atoms with Gasteiger partial charge in [0.25, 0.3) is 0 Å². The molecule has 0 saturated carbocycles. The zero-order chi connectivity index (χ0) is 20.9. The molecule has 2 aromatic carbocycles. The van der Waals surface area contributed by atoms with Crippen LogP contribution in [0.25, 0.3) is 0 Å². The number of carbonyl (C=O) groups excluding carboxylic acids is 2. The molecule has 1 aromatic heterocycles. The number of nitrogens with zero attached hydrogens (tertiary/aromatic N) is 4. The molecule has 0 atom stereocenters. The van der Waals surface area contributed by atoms with Gasteiger partial charge in [0.05, 0.1) is 5.75 Å². The van der Waals surface area contributed by atoms with E-state index >= 15 is 0 Å². The maximum atomic E-state index is 12.8. The number of ketones is 1. The Morgan fingerprint density at radius 1 is 1.10 bits per heavy atom. The van der Waals surface area contributed by atoms with Crippen LogP contribution in [0, 0.1) is 0 Å². The van der Waals surface area contributed by atoms with Gasteiger partial charge in [-0.15, -0.1) is 10.2 Å². The van der Waals surface area contributed by atoms with Gasteiger partial charge in [-0.25, -0.2) is 0 Å². The first kappa shape index (κ1) is 20.3. The molecule has 0 unspecified atom stereocenters. The van der Waals surface area contributed by atoms with Gasteiger partial charge in [0.2, 0.25) is 5.91 Å². The van der Waals surface area contributed by atoms with E-state index in [0.717, 1.165) is 36.2 Å². The van der Waals surface area contributed by atoms with E-state index < -0.39 is 0 Å². The Kier molecular flexibility index (Phi) is 6.28. The fourth-order valence-corrected chi connectivity index (χ4v) is 4.55. The van der Waals surface area contributed by atoms with E-state index in [1.54, 1.807) is 11.0 Å². The second-order valence-corrected chi connectivity index (χ2v) is 8.16. The lowest BCUT2D eigenvalue weighted by atomic mass is 10.1. The molecule has 2 heterocycles. The van der Waals surface area contributed by atoms with Gasteiger partial charge in [0, 0.05) is 37.2 Å². The number of thioether (sulfide) groups is 1. The highest BCUT2D eigenvalue weighted by Crippen LogP contribution is 2.24. The summed E-state index contributed by atoms with van der Waals surface area (Å²) < 4.78 is 2.06. The van der Waals surface area contributed by atoms with Crippen LogP contribution in [0.1, 0.15) is 41.5 Å². The van der Waals surface area contributed by atoms with Gasteiger partial charge in [-0.2, -0.15) is 0 Å². The number of amides is 1. The average Bonchev–Trinajstić information content (AvgIpc) is 3.38. The SMILES string of the molecule is CCn1c(Cc2ccccc2)nnc1SCC(=O)c1cccc(N2CCCC2=O)c1. The fraction of sp³-hybridized carbons (Fsp3) is 0.304. The number of hydrogen-bond acceptors (Lipinski definition) is 5. The minimum Gasteiger partial charge on any atom is -0.312 e. The molecule has 0 N–H and O–H groups in total. The average molecular weight is 421 g/mol. The van der Waals surface area contributed by atoms with Crippen molar-refractivity contribution in [1.82, 2.24) is 14.8 Å². The quantitative estimate of drug-likeness (QED) is 0.407. The Labute approximate surface area is 180 Å². The summed E-state index contributed by atoms with van der Waals surface area (Å²) in [4.78, 5) is 26.5. The highest BCUT2D eigenvalue weighted by Gasteiger charge is 2.22. The zero-order valence-corrected chi connectivity index (χ0v) is 17.8. The van der Waals surface area contributed by atoms with Gasteiger partial charge in [0.1, 0.15) is 5.82 Å². The molecule has 1 saturated heterocycles. The molecule has 0 spiro atoms. The first-order valence-corrected chi connectivity index (χ1v) is 11.2. The summed E-state index contributed by atoms with van der Waals surface area (Å²) >= 11 is 1.40. The Morgan fingerprint density at radius 2 is 1.93 bits per heavy atom. The molecule has 30 heavy (non-hydrogen) atoms. The molecule has 4 rings (SSSR count). The third-order valence-electron chi connectivity index (χ3n) is 5.20. The van der Waals surface area contributed by atoms with Crippen molar-refractivity contribution in [2.45, 2.75) is 37.9 Å². The standard InChI is InChI=1S/C23H24N4O2S/c1-2-26-21(14-17-8-4-3-5-9-17)24-25-23(26)30-16-20(28)18-10-6-11-19(15-18)27-13-7-12-22(27)29/h3-6,8-11,15H,2,7,12-14,16H2,1H3. The van der Waals surface area contributed by atoms with Crippen LogP contribution in [0.4, 0.5) is 5.69 Å². The van der Waals surface area contributed by atoms with Gasteiger partial charge >= 0.3 is 0 Å². The van der Waals surface area contributed by atoms with Gasteiger partial charge < -0.3 is 9.47 Å². The molecule has 1 fully saturated rings. The highest BCUT2D eigenvalue weighted by atomic mass is 32.2. The number of Topliss-reactive ketones (excluding diaryl/α,β-unsaturated/α-hetero) is 1. The van der Waals surface area contributed by atoms with E-state index in [9.17, 15) is 9.59 Å². The molecule has 3 aromatic rings. The maximum absolute atomic E-state index is 12.8. The second-order valence-electron chi connectivity index (χ2n) is 7.22. The van der Waals surface area contributed by atoms with Crippen LogP contribution < -0.4 is 4.90 Å². The zero-order valence-electron chi connectivity index (χ0n) is 17.0. The third-order valence-corrected chi connectivity index (χ3v) is 6.17. The van der Waals surface area contributed by atoms with Crippen LogP contribution in [-0.4, -0.2) is 38.8 Å². The second kappa shape index (κ2) is 9.26. The molecule has 1 amide bonds. The fourth-order valence-electron chi connectivity index (χ4n) is 3.63. The Morgan fingerprint density at radius 3 is 2.67 bits per heavy atom. The summed E-state index contributed by atoms with van der Waals surface area (Å²) in [5, 5.41) is 9.41. The Hall–Kier alpha value is -2.93. The molecule has 0 radical (unpaired) electrons. The normalized spacial score (nSPS) is 13.8. The molecule has 154 valence electrons. The minimum atomic E-state index is 0.0174. The van der Waals surface area contributed by atoms with Crippen molar-refractivity contribution in [2.75, 3.05) is 17.2 Å². The summed E-state index contributed by atoms with van der Waals surface area (Å²) in [6, 6.07) is 17.5. The number of anilines is 1. The Balaban J connectivity index is 1.43. The van der Waals surface area contributed by atoms with Gasteiger partial charge in [-0.1, -0.05) is 54.2 Å². The summed E-state index contributed by atoms with van der Waals surface area (Å²) in [6.45, 7) is 3.52. The highest BCUT2D eigenvalue weighted by molar-refractivity contribution is 7.99. The monoisotopic (exact) mass is 420 g/mol. The van der Waals surface area contributed by atoms with E-state index in [2.05, 4.69) is 33.8 Å². The molecule has 0 aliphatic carbocycles. The van der Waals surface area contributed by atoms with E-state index in [-0.39, 0.29) is 17.4 Å². The lowest BCUT2D eigenvalue weighted by Gasteiger charge is -2.16. The van der Waals surface area contributed by atoms with Crippen LogP contribution in [0.5, 0.6) is 0 Å². The number of benzene rings is 2. The van der Waals surface area contributed by atoms with Crippen molar-refractivity contribution in [3.05, 3.63) is 71.5 Å². The molecule has 1 aliphatic heterocycles. The molecule has 7 heteroatoms. The summed E-state index contributed by atoms with van der Waals surface area (Å²) in [6.07, 6.45) is 2.15. The smallest absolute Gasteiger partial charge is 0.227 e. The van der Waals surface area contributed by atoms with Crippen LogP contribution in [0.3, 0.4) is 0 Å². The largest absolute Gasteiger partial charge is 0.312 e. The first-order chi connectivity index (χ1) is 14.7. The summed E-state index contributed by atoms with van der Waals surface area (Å²) in [5.74, 6) is 1.31. The van der Waals surface area contributed by atoms with Gasteiger partial charge in [0.15, 0.2) is 10.9 Å². The van der Waals surface area contributed by atoms with Crippen LogP contribution in [-0.2, 0) is 17.8 Å². The minimum absolute atomic E-state index is 0.0174. The van der Waals surface area contributed by atoms with Gasteiger partial charge in [-0.05, 0) is 31.0 Å². The molecule has 6 nitrogen and oxygen atoms in total. The number of hydrogen-bond donors (Lipinski definition) is 0. The van der Waals surface area contributed by atoms with E-state index in [0.29, 0.717) is 18.4 Å². The van der Waals surface area contributed by atoms with Crippen molar-refractivity contribution in [3.63, 3.8) is 0 Å². The van der Waals surface area contributed by atoms with Crippen molar-refractivity contribution >= 4 is 29.1 Å². The predicted molar refractivity (Wildman–Crippen MR) is 118 cm³/mol. The maximum Gasteiger partial charge on any atom is 0.227 e. The number of carbonyl (C=O) groups is 2. The predicted octanol–water partition coefficient (Wildman–Crippen LogP) is 3.99. The molecule has 1 aliphatic rings. The summed E-state index contributed by atoms with van der Waals surface area (Å²) in [5.41, 5.74) is 2.60. The van der Waals surface area contributed by atoms with Crippen molar-refractivity contribution < 1.29 is 9.59 Å². The number of rotatable bonds is 8. The van der Waals surface area contributed by atoms with E-state index in [1.807, 2.05) is 36.4 Å². The molecular formula is C23H24N4O2S. The molecule has 0 bridgehead atoms. The third kappa shape index (κ3) is 4.46. The number of aromatic nitrogens is 3. The van der Waals surface area contributed by atoms with Crippen LogP contribution in [0.2, 0.25) is 0 Å². The lowest BCUT2D eigenvalue weighted by molar-refractivity contribution is -0.117. The summed E-state index contributed by atoms with van der Waals surface area (Å²) in [7, 11) is 0. The van der Waals surface area contributed by atoms with Crippen LogP contribution >= 0.6 is 11.8 Å². The lowest BCUT2D eigenvalue weighted by Crippen LogP contribution is -2.23. The molecular weight excluding hydrogens is 396 g/mol. The van der Waals surface area contributed by atoms with Crippen molar-refractivity contribution in [1.29, 1.82) is 0 Å². The van der Waals surface area contributed by atoms with Crippen LogP contribution in [0.15, 0.2) is 59.8 Å². The topological polar surface area (TPSA) is 68.1 Å².